The largest absolute Gasteiger partial charge is 0.314 e. The van der Waals surface area contributed by atoms with Gasteiger partial charge in [0.15, 0.2) is 5.78 Å². The fourth-order valence-electron chi connectivity index (χ4n) is 1.87. The third-order valence-electron chi connectivity index (χ3n) is 2.81. The summed E-state index contributed by atoms with van der Waals surface area (Å²) in [6, 6.07) is 4.16. The van der Waals surface area contributed by atoms with E-state index in [1.165, 1.54) is 18.2 Å². The van der Waals surface area contributed by atoms with Gasteiger partial charge in [-0.2, -0.15) is 0 Å². The number of carbonyl (C=O) groups is 1. The Balaban J connectivity index is 2.03. The first-order valence-electron chi connectivity index (χ1n) is 5.58. The Labute approximate surface area is 105 Å². The molecule has 0 amide bonds. The predicted molar refractivity (Wildman–Crippen MR) is 65.1 cm³/mol. The molecule has 17 heavy (non-hydrogen) atoms. The molecule has 0 radical (unpaired) electrons. The third kappa shape index (κ3) is 3.25. The molecule has 5 heteroatoms. The Hall–Kier alpha value is -0.970. The molecular formula is C12H14ClFN2O. The Morgan fingerprint density at radius 2 is 2.12 bits per heavy atom. The van der Waals surface area contributed by atoms with Crippen molar-refractivity contribution in [3.63, 3.8) is 0 Å². The van der Waals surface area contributed by atoms with Gasteiger partial charge in [0.2, 0.25) is 0 Å². The van der Waals surface area contributed by atoms with Crippen LogP contribution in [-0.2, 0) is 0 Å². The van der Waals surface area contributed by atoms with Crippen LogP contribution in [0.4, 0.5) is 4.39 Å². The average molecular weight is 257 g/mol. The molecule has 0 bridgehead atoms. The normalized spacial score (nSPS) is 17.1. The van der Waals surface area contributed by atoms with Crippen molar-refractivity contribution in [3.8, 4) is 0 Å². The predicted octanol–water partition coefficient (Wildman–Crippen LogP) is 1.57. The van der Waals surface area contributed by atoms with E-state index < -0.39 is 5.82 Å². The van der Waals surface area contributed by atoms with Crippen LogP contribution in [0.3, 0.4) is 0 Å². The summed E-state index contributed by atoms with van der Waals surface area (Å²) in [6.07, 6.45) is 0. The summed E-state index contributed by atoms with van der Waals surface area (Å²) in [6.45, 7) is 3.65. The monoisotopic (exact) mass is 256 g/mol. The van der Waals surface area contributed by atoms with Crippen molar-refractivity contribution in [2.75, 3.05) is 32.7 Å². The van der Waals surface area contributed by atoms with Crippen LogP contribution in [0.5, 0.6) is 0 Å². The lowest BCUT2D eigenvalue weighted by atomic mass is 10.1. The van der Waals surface area contributed by atoms with E-state index in [9.17, 15) is 9.18 Å². The van der Waals surface area contributed by atoms with E-state index in [0.717, 1.165) is 26.2 Å². The lowest BCUT2D eigenvalue weighted by Crippen LogP contribution is -2.45. The molecule has 1 N–H and O–H groups in total. The van der Waals surface area contributed by atoms with Crippen molar-refractivity contribution < 1.29 is 9.18 Å². The van der Waals surface area contributed by atoms with E-state index >= 15 is 0 Å². The molecule has 0 spiro atoms. The zero-order valence-corrected chi connectivity index (χ0v) is 10.1. The number of benzene rings is 1. The van der Waals surface area contributed by atoms with Gasteiger partial charge >= 0.3 is 0 Å². The third-order valence-corrected chi connectivity index (χ3v) is 3.04. The maximum absolute atomic E-state index is 13.5. The number of nitrogens with zero attached hydrogens (tertiary/aromatic N) is 1. The standard InChI is InChI=1S/C12H14ClFN2O/c13-9-1-2-10(11(14)7-9)12(17)8-16-5-3-15-4-6-16/h1-2,7,15H,3-6,8H2. The van der Waals surface area contributed by atoms with Crippen LogP contribution in [0.2, 0.25) is 5.02 Å². The molecule has 2 rings (SSSR count). The van der Waals surface area contributed by atoms with Crippen LogP contribution in [0.1, 0.15) is 10.4 Å². The van der Waals surface area contributed by atoms with Crippen LogP contribution in [-0.4, -0.2) is 43.4 Å². The van der Waals surface area contributed by atoms with Crippen molar-refractivity contribution in [1.29, 1.82) is 0 Å². The van der Waals surface area contributed by atoms with Gasteiger partial charge in [0.05, 0.1) is 12.1 Å². The van der Waals surface area contributed by atoms with Crippen LogP contribution >= 0.6 is 11.6 Å². The van der Waals surface area contributed by atoms with Crippen LogP contribution in [0, 0.1) is 5.82 Å². The van der Waals surface area contributed by atoms with Crippen molar-refractivity contribution in [2.45, 2.75) is 0 Å². The molecule has 1 aromatic rings. The van der Waals surface area contributed by atoms with Gasteiger partial charge in [-0.3, -0.25) is 9.69 Å². The quantitative estimate of drug-likeness (QED) is 0.834. The van der Waals surface area contributed by atoms with E-state index in [1.807, 2.05) is 4.90 Å². The fourth-order valence-corrected chi connectivity index (χ4v) is 2.03. The van der Waals surface area contributed by atoms with E-state index in [1.54, 1.807) is 0 Å². The highest BCUT2D eigenvalue weighted by Crippen LogP contribution is 2.15. The molecule has 1 aliphatic rings. The first kappa shape index (κ1) is 12.5. The van der Waals surface area contributed by atoms with E-state index in [2.05, 4.69) is 5.32 Å². The van der Waals surface area contributed by atoms with E-state index in [4.69, 9.17) is 11.6 Å². The number of hydrogen-bond acceptors (Lipinski definition) is 3. The zero-order valence-electron chi connectivity index (χ0n) is 9.38. The number of piperazine rings is 1. The molecule has 92 valence electrons. The Bertz CT molecular complexity index is 419. The highest BCUT2D eigenvalue weighted by Gasteiger charge is 2.17. The highest BCUT2D eigenvalue weighted by molar-refractivity contribution is 6.30. The topological polar surface area (TPSA) is 32.3 Å². The number of halogens is 2. The van der Waals surface area contributed by atoms with Gasteiger partial charge in [-0.1, -0.05) is 11.6 Å². The lowest BCUT2D eigenvalue weighted by Gasteiger charge is -2.26. The molecule has 0 aliphatic carbocycles. The molecular weight excluding hydrogens is 243 g/mol. The van der Waals surface area contributed by atoms with Gasteiger partial charge in [-0.25, -0.2) is 4.39 Å². The second-order valence-corrected chi connectivity index (χ2v) is 4.51. The lowest BCUT2D eigenvalue weighted by molar-refractivity contribution is 0.0917. The number of Topliss-reactive ketones (excluding diaryl/α,β-unsaturated/α-hetero) is 1. The molecule has 0 unspecified atom stereocenters. The summed E-state index contributed by atoms with van der Waals surface area (Å²) in [5.41, 5.74) is 0.118. The number of rotatable bonds is 3. The maximum atomic E-state index is 13.5. The van der Waals surface area contributed by atoms with Gasteiger partial charge < -0.3 is 5.32 Å². The Morgan fingerprint density at radius 3 is 2.76 bits per heavy atom. The first-order valence-corrected chi connectivity index (χ1v) is 5.96. The zero-order chi connectivity index (χ0) is 12.3. The SMILES string of the molecule is O=C(CN1CCNCC1)c1ccc(Cl)cc1F. The molecule has 0 aromatic heterocycles. The van der Waals surface area contributed by atoms with Gasteiger partial charge in [-0.15, -0.1) is 0 Å². The number of carbonyl (C=O) groups excluding carboxylic acids is 1. The molecule has 1 saturated heterocycles. The van der Waals surface area contributed by atoms with Crippen molar-refractivity contribution >= 4 is 17.4 Å². The molecule has 1 fully saturated rings. The van der Waals surface area contributed by atoms with Gasteiger partial charge in [0, 0.05) is 31.2 Å². The highest BCUT2D eigenvalue weighted by atomic mass is 35.5. The minimum Gasteiger partial charge on any atom is -0.314 e. The van der Waals surface area contributed by atoms with Crippen LogP contribution in [0.15, 0.2) is 18.2 Å². The van der Waals surface area contributed by atoms with E-state index in [0.29, 0.717) is 5.02 Å². The van der Waals surface area contributed by atoms with Gasteiger partial charge in [0.25, 0.3) is 0 Å². The second-order valence-electron chi connectivity index (χ2n) is 4.07. The molecule has 0 saturated carbocycles. The van der Waals surface area contributed by atoms with Crippen LogP contribution < -0.4 is 5.32 Å². The minimum atomic E-state index is -0.544. The summed E-state index contributed by atoms with van der Waals surface area (Å²) in [5, 5.41) is 3.51. The van der Waals surface area contributed by atoms with Gasteiger partial charge in [-0.05, 0) is 18.2 Å². The molecule has 1 aromatic carbocycles. The Kier molecular flexibility index (Phi) is 4.10. The molecule has 0 atom stereocenters. The van der Waals surface area contributed by atoms with Crippen LogP contribution in [0.25, 0.3) is 0 Å². The second kappa shape index (κ2) is 5.58. The average Bonchev–Trinajstić information content (AvgIpc) is 2.30. The maximum Gasteiger partial charge on any atom is 0.179 e. The molecule has 1 aliphatic heterocycles. The fraction of sp³-hybridized carbons (Fsp3) is 0.417. The summed E-state index contributed by atoms with van der Waals surface area (Å²) >= 11 is 5.64. The summed E-state index contributed by atoms with van der Waals surface area (Å²) in [4.78, 5) is 13.9. The summed E-state index contributed by atoms with van der Waals surface area (Å²) < 4.78 is 13.5. The van der Waals surface area contributed by atoms with E-state index in [-0.39, 0.29) is 17.9 Å². The molecule has 3 nitrogen and oxygen atoms in total. The summed E-state index contributed by atoms with van der Waals surface area (Å²) in [5.74, 6) is -0.737. The Morgan fingerprint density at radius 1 is 1.41 bits per heavy atom. The first-order chi connectivity index (χ1) is 8.16. The number of ketones is 1. The van der Waals surface area contributed by atoms with Gasteiger partial charge in [0.1, 0.15) is 5.82 Å². The van der Waals surface area contributed by atoms with Crippen molar-refractivity contribution in [2.24, 2.45) is 0 Å². The van der Waals surface area contributed by atoms with Crippen molar-refractivity contribution in [3.05, 3.63) is 34.6 Å². The number of hydrogen-bond donors (Lipinski definition) is 1. The molecule has 1 heterocycles. The van der Waals surface area contributed by atoms with Crippen molar-refractivity contribution in [1.82, 2.24) is 10.2 Å². The summed E-state index contributed by atoms with van der Waals surface area (Å²) in [7, 11) is 0. The number of nitrogens with one attached hydrogen (secondary N) is 1. The smallest absolute Gasteiger partial charge is 0.179 e. The minimum absolute atomic E-state index is 0.118.